The fraction of sp³-hybridized carbons (Fsp3) is 1.00. The summed E-state index contributed by atoms with van der Waals surface area (Å²) in [6.45, 7) is 6.09. The third-order valence-corrected chi connectivity index (χ3v) is 4.84. The Morgan fingerprint density at radius 1 is 1.40 bits per heavy atom. The largest absolute Gasteiger partial charge is 0.317 e. The molecule has 2 fully saturated rings. The van der Waals surface area contributed by atoms with Gasteiger partial charge in [0.1, 0.15) is 0 Å². The second kappa shape index (κ2) is 4.42. The van der Waals surface area contributed by atoms with Gasteiger partial charge in [-0.25, -0.2) is 0 Å². The van der Waals surface area contributed by atoms with E-state index in [9.17, 15) is 0 Å². The molecular weight excluding hydrogens is 184 g/mol. The Morgan fingerprint density at radius 3 is 2.53 bits per heavy atom. The van der Waals surface area contributed by atoms with E-state index in [4.69, 9.17) is 0 Å². The van der Waals surface area contributed by atoms with Gasteiger partial charge in [-0.3, -0.25) is 4.90 Å². The van der Waals surface area contributed by atoms with E-state index in [1.165, 1.54) is 45.1 Å². The Hall–Kier alpha value is -0.0800. The van der Waals surface area contributed by atoms with Crippen molar-refractivity contribution in [2.75, 3.05) is 13.6 Å². The molecule has 1 aliphatic heterocycles. The maximum absolute atomic E-state index is 3.43. The minimum Gasteiger partial charge on any atom is -0.317 e. The Labute approximate surface area is 94.4 Å². The number of likely N-dealkylation sites (tertiary alicyclic amines) is 1. The predicted octanol–water partition coefficient (Wildman–Crippen LogP) is 2.39. The Balaban J connectivity index is 1.98. The van der Waals surface area contributed by atoms with E-state index in [0.717, 1.165) is 12.1 Å². The van der Waals surface area contributed by atoms with Gasteiger partial charge >= 0.3 is 0 Å². The highest BCUT2D eigenvalue weighted by Gasteiger charge is 2.44. The molecule has 2 unspecified atom stereocenters. The molecule has 2 aliphatic rings. The summed E-state index contributed by atoms with van der Waals surface area (Å²) in [5, 5.41) is 3.43. The molecule has 0 radical (unpaired) electrons. The Kier molecular flexibility index (Phi) is 3.36. The molecule has 0 amide bonds. The van der Waals surface area contributed by atoms with Crippen molar-refractivity contribution >= 4 is 0 Å². The molecule has 88 valence electrons. The zero-order valence-corrected chi connectivity index (χ0v) is 10.6. The molecule has 2 heteroatoms. The van der Waals surface area contributed by atoms with Crippen molar-refractivity contribution in [3.05, 3.63) is 0 Å². The molecule has 1 heterocycles. The number of rotatable bonds is 3. The molecule has 0 aromatic carbocycles. The standard InChI is InChI=1S/C13H26N2/c1-4-13(7-5-8-13)15-9-6-12(14-3)10-11(15)2/h11-12,14H,4-10H2,1-3H3. The lowest BCUT2D eigenvalue weighted by Gasteiger charge is -2.55. The Bertz CT molecular complexity index is 205. The topological polar surface area (TPSA) is 15.3 Å². The van der Waals surface area contributed by atoms with Crippen LogP contribution in [0.15, 0.2) is 0 Å². The van der Waals surface area contributed by atoms with E-state index < -0.39 is 0 Å². The van der Waals surface area contributed by atoms with E-state index >= 15 is 0 Å². The van der Waals surface area contributed by atoms with Gasteiger partial charge in [0.15, 0.2) is 0 Å². The minimum absolute atomic E-state index is 0.595. The predicted molar refractivity (Wildman–Crippen MR) is 65.1 cm³/mol. The highest BCUT2D eigenvalue weighted by molar-refractivity contribution is 5.01. The first-order valence-electron chi connectivity index (χ1n) is 6.66. The van der Waals surface area contributed by atoms with Gasteiger partial charge < -0.3 is 5.32 Å². The molecule has 2 rings (SSSR count). The zero-order chi connectivity index (χ0) is 10.9. The van der Waals surface area contributed by atoms with Gasteiger partial charge in [-0.1, -0.05) is 6.92 Å². The average molecular weight is 210 g/mol. The normalized spacial score (nSPS) is 36.2. The van der Waals surface area contributed by atoms with Gasteiger partial charge in [0.25, 0.3) is 0 Å². The quantitative estimate of drug-likeness (QED) is 0.769. The summed E-state index contributed by atoms with van der Waals surface area (Å²) >= 11 is 0. The number of hydrogen-bond acceptors (Lipinski definition) is 2. The van der Waals surface area contributed by atoms with Crippen LogP contribution in [0.1, 0.15) is 52.4 Å². The zero-order valence-electron chi connectivity index (χ0n) is 10.6. The molecule has 0 aromatic heterocycles. The first-order chi connectivity index (χ1) is 7.22. The summed E-state index contributed by atoms with van der Waals surface area (Å²) in [6, 6.07) is 1.53. The van der Waals surface area contributed by atoms with Crippen molar-refractivity contribution in [3.63, 3.8) is 0 Å². The molecular formula is C13H26N2. The fourth-order valence-electron chi connectivity index (χ4n) is 3.57. The van der Waals surface area contributed by atoms with Crippen LogP contribution in [0, 0.1) is 0 Å². The summed E-state index contributed by atoms with van der Waals surface area (Å²) in [5.74, 6) is 0. The molecule has 1 aliphatic carbocycles. The molecule has 0 bridgehead atoms. The molecule has 0 aromatic rings. The third-order valence-electron chi connectivity index (χ3n) is 4.84. The van der Waals surface area contributed by atoms with Crippen molar-refractivity contribution in [2.45, 2.75) is 70.0 Å². The maximum atomic E-state index is 3.43. The molecule has 1 N–H and O–H groups in total. The molecule has 2 nitrogen and oxygen atoms in total. The molecule has 1 saturated carbocycles. The smallest absolute Gasteiger partial charge is 0.0209 e. The lowest BCUT2D eigenvalue weighted by Crippen LogP contribution is -2.60. The van der Waals surface area contributed by atoms with Crippen molar-refractivity contribution < 1.29 is 0 Å². The number of hydrogen-bond donors (Lipinski definition) is 1. The van der Waals surface area contributed by atoms with Crippen LogP contribution in [0.3, 0.4) is 0 Å². The first kappa shape index (κ1) is 11.4. The lowest BCUT2D eigenvalue weighted by molar-refractivity contribution is -0.0381. The monoisotopic (exact) mass is 210 g/mol. The highest BCUT2D eigenvalue weighted by atomic mass is 15.2. The van der Waals surface area contributed by atoms with Crippen molar-refractivity contribution in [3.8, 4) is 0 Å². The number of nitrogens with zero attached hydrogens (tertiary/aromatic N) is 1. The van der Waals surface area contributed by atoms with Crippen LogP contribution in [0.5, 0.6) is 0 Å². The molecule has 15 heavy (non-hydrogen) atoms. The van der Waals surface area contributed by atoms with Crippen molar-refractivity contribution in [1.29, 1.82) is 0 Å². The second-order valence-corrected chi connectivity index (χ2v) is 5.48. The average Bonchev–Trinajstić information content (AvgIpc) is 2.19. The minimum atomic E-state index is 0.595. The van der Waals surface area contributed by atoms with Gasteiger partial charge in [-0.05, 0) is 52.5 Å². The van der Waals surface area contributed by atoms with Gasteiger partial charge in [0.05, 0.1) is 0 Å². The molecule has 2 atom stereocenters. The van der Waals surface area contributed by atoms with Gasteiger partial charge in [-0.2, -0.15) is 0 Å². The van der Waals surface area contributed by atoms with Crippen LogP contribution >= 0.6 is 0 Å². The van der Waals surface area contributed by atoms with Crippen molar-refractivity contribution in [2.24, 2.45) is 0 Å². The van der Waals surface area contributed by atoms with E-state index in [1.807, 2.05) is 0 Å². The number of nitrogens with one attached hydrogen (secondary N) is 1. The molecule has 1 saturated heterocycles. The van der Waals surface area contributed by atoms with Crippen LogP contribution in [0.4, 0.5) is 0 Å². The Morgan fingerprint density at radius 2 is 2.13 bits per heavy atom. The van der Waals surface area contributed by atoms with Crippen LogP contribution in [-0.4, -0.2) is 36.1 Å². The SMILES string of the molecule is CCC1(N2CCC(NC)CC2C)CCC1. The van der Waals surface area contributed by atoms with Gasteiger partial charge in [0, 0.05) is 24.2 Å². The van der Waals surface area contributed by atoms with Gasteiger partial charge in [0.2, 0.25) is 0 Å². The van der Waals surface area contributed by atoms with E-state index in [0.29, 0.717) is 5.54 Å². The summed E-state index contributed by atoms with van der Waals surface area (Å²) in [5.41, 5.74) is 0.595. The summed E-state index contributed by atoms with van der Waals surface area (Å²) in [6.07, 6.45) is 8.35. The highest BCUT2D eigenvalue weighted by Crippen LogP contribution is 2.43. The van der Waals surface area contributed by atoms with Crippen molar-refractivity contribution in [1.82, 2.24) is 10.2 Å². The summed E-state index contributed by atoms with van der Waals surface area (Å²) in [4.78, 5) is 2.81. The van der Waals surface area contributed by atoms with E-state index in [1.54, 1.807) is 0 Å². The fourth-order valence-corrected chi connectivity index (χ4v) is 3.57. The van der Waals surface area contributed by atoms with E-state index in [2.05, 4.69) is 31.1 Å². The van der Waals surface area contributed by atoms with Crippen LogP contribution in [0.25, 0.3) is 0 Å². The van der Waals surface area contributed by atoms with Crippen LogP contribution < -0.4 is 5.32 Å². The molecule has 0 spiro atoms. The number of piperidine rings is 1. The second-order valence-electron chi connectivity index (χ2n) is 5.48. The summed E-state index contributed by atoms with van der Waals surface area (Å²) in [7, 11) is 2.10. The van der Waals surface area contributed by atoms with E-state index in [-0.39, 0.29) is 0 Å². The maximum Gasteiger partial charge on any atom is 0.0209 e. The third kappa shape index (κ3) is 1.94. The van der Waals surface area contributed by atoms with Crippen LogP contribution in [0.2, 0.25) is 0 Å². The van der Waals surface area contributed by atoms with Gasteiger partial charge in [-0.15, -0.1) is 0 Å². The summed E-state index contributed by atoms with van der Waals surface area (Å²) < 4.78 is 0. The lowest BCUT2D eigenvalue weighted by atomic mass is 9.71. The first-order valence-corrected chi connectivity index (χ1v) is 6.66. The van der Waals surface area contributed by atoms with Crippen LogP contribution in [-0.2, 0) is 0 Å².